The minimum Gasteiger partial charge on any atom is -0.268 e. The Morgan fingerprint density at radius 2 is 0.809 bits per heavy atom. The molecule has 8 rings (SSSR count). The number of rotatable bonds is 4. The number of carbonyl (C=O) groups excluding carboxylic acids is 4. The summed E-state index contributed by atoms with van der Waals surface area (Å²) in [7, 11) is -4.28. The van der Waals surface area contributed by atoms with Gasteiger partial charge in [-0.1, -0.05) is 59.6 Å². The molecule has 4 amide bonds. The molecule has 0 saturated heterocycles. The van der Waals surface area contributed by atoms with Gasteiger partial charge in [-0.2, -0.15) is 0 Å². The van der Waals surface area contributed by atoms with Gasteiger partial charge in [0.2, 0.25) is 9.84 Å². The molecule has 2 heterocycles. The van der Waals surface area contributed by atoms with Crippen LogP contribution >= 0.6 is 23.2 Å². The van der Waals surface area contributed by atoms with E-state index >= 15 is 0 Å². The predicted molar refractivity (Wildman–Crippen MR) is 179 cm³/mol. The highest BCUT2D eigenvalue weighted by molar-refractivity contribution is 7.91. The van der Waals surface area contributed by atoms with E-state index in [2.05, 4.69) is 0 Å². The summed E-state index contributed by atoms with van der Waals surface area (Å²) < 4.78 is 28.0. The van der Waals surface area contributed by atoms with Gasteiger partial charge in [-0.15, -0.1) is 0 Å². The van der Waals surface area contributed by atoms with E-state index in [4.69, 9.17) is 23.2 Å². The molecule has 0 aliphatic carbocycles. The molecule has 6 aromatic rings. The number of nitrogens with zero attached hydrogens (tertiary/aromatic N) is 2. The Hall–Kier alpha value is -5.35. The summed E-state index contributed by atoms with van der Waals surface area (Å²) in [5.74, 6) is -2.48. The van der Waals surface area contributed by atoms with E-state index in [0.717, 1.165) is 9.80 Å². The molecule has 0 atom stereocenters. The predicted octanol–water partition coefficient (Wildman–Crippen LogP) is 7.73. The normalized spacial score (nSPS) is 14.4. The zero-order valence-corrected chi connectivity index (χ0v) is 26.2. The molecule has 0 saturated carbocycles. The number of carbonyl (C=O) groups is 4. The molecule has 11 heteroatoms. The van der Waals surface area contributed by atoms with Crippen LogP contribution in [-0.2, 0) is 9.84 Å². The highest BCUT2D eigenvalue weighted by atomic mass is 35.5. The summed E-state index contributed by atoms with van der Waals surface area (Å²) in [4.78, 5) is 56.1. The molecule has 0 spiro atoms. The largest absolute Gasteiger partial charge is 0.268 e. The second-order valence-corrected chi connectivity index (χ2v) is 13.8. The number of hydrogen-bond acceptors (Lipinski definition) is 6. The van der Waals surface area contributed by atoms with Crippen molar-refractivity contribution >= 4 is 89.6 Å². The molecular formula is C36H18Cl2N2O6S. The summed E-state index contributed by atoms with van der Waals surface area (Å²) >= 11 is 12.7. The third-order valence-corrected chi connectivity index (χ3v) is 10.9. The van der Waals surface area contributed by atoms with Gasteiger partial charge in [0.25, 0.3) is 23.6 Å². The Kier molecular flexibility index (Phi) is 6.39. The first-order chi connectivity index (χ1) is 22.6. The van der Waals surface area contributed by atoms with Crippen LogP contribution in [0.3, 0.4) is 0 Å². The number of imide groups is 2. The molecule has 47 heavy (non-hydrogen) atoms. The molecular weight excluding hydrogens is 659 g/mol. The van der Waals surface area contributed by atoms with Crippen LogP contribution in [0.25, 0.3) is 21.5 Å². The van der Waals surface area contributed by atoms with Crippen LogP contribution in [0.5, 0.6) is 0 Å². The maximum atomic E-state index is 14.0. The molecule has 8 nitrogen and oxygen atoms in total. The van der Waals surface area contributed by atoms with Crippen molar-refractivity contribution in [3.05, 3.63) is 141 Å². The fourth-order valence-corrected chi connectivity index (χ4v) is 8.09. The van der Waals surface area contributed by atoms with E-state index in [9.17, 15) is 27.6 Å². The van der Waals surface area contributed by atoms with Gasteiger partial charge in [0.15, 0.2) is 0 Å². The first-order valence-corrected chi connectivity index (χ1v) is 16.5. The Morgan fingerprint density at radius 3 is 1.21 bits per heavy atom. The molecule has 0 fully saturated rings. The first kappa shape index (κ1) is 29.1. The van der Waals surface area contributed by atoms with Crippen molar-refractivity contribution in [1.29, 1.82) is 0 Å². The second-order valence-electron chi connectivity index (χ2n) is 11.0. The minimum atomic E-state index is -4.28. The van der Waals surface area contributed by atoms with Gasteiger partial charge in [0.05, 0.1) is 21.2 Å². The van der Waals surface area contributed by atoms with Gasteiger partial charge in [-0.05, 0) is 72.8 Å². The van der Waals surface area contributed by atoms with Crippen molar-refractivity contribution in [3.8, 4) is 0 Å². The lowest BCUT2D eigenvalue weighted by Crippen LogP contribution is -2.40. The van der Waals surface area contributed by atoms with Gasteiger partial charge >= 0.3 is 0 Å². The molecule has 6 aromatic carbocycles. The van der Waals surface area contributed by atoms with E-state index < -0.39 is 33.5 Å². The quantitative estimate of drug-likeness (QED) is 0.177. The lowest BCUT2D eigenvalue weighted by atomic mass is 9.93. The van der Waals surface area contributed by atoms with E-state index in [-0.39, 0.29) is 43.4 Å². The zero-order valence-electron chi connectivity index (χ0n) is 23.9. The Balaban J connectivity index is 1.18. The molecule has 228 valence electrons. The van der Waals surface area contributed by atoms with Gasteiger partial charge in [0, 0.05) is 53.8 Å². The smallest absolute Gasteiger partial charge is 0.265 e. The van der Waals surface area contributed by atoms with Crippen molar-refractivity contribution in [2.75, 3.05) is 9.80 Å². The third-order valence-electron chi connectivity index (χ3n) is 8.48. The average Bonchev–Trinajstić information content (AvgIpc) is 3.08. The van der Waals surface area contributed by atoms with Crippen LogP contribution in [0.4, 0.5) is 11.4 Å². The van der Waals surface area contributed by atoms with Gasteiger partial charge in [0.1, 0.15) is 0 Å². The molecule has 0 radical (unpaired) electrons. The highest BCUT2D eigenvalue weighted by Gasteiger charge is 2.37. The van der Waals surface area contributed by atoms with Crippen LogP contribution in [0.15, 0.2) is 119 Å². The van der Waals surface area contributed by atoms with E-state index in [1.807, 2.05) is 0 Å². The van der Waals surface area contributed by atoms with E-state index in [0.29, 0.717) is 31.6 Å². The van der Waals surface area contributed by atoms with Gasteiger partial charge < -0.3 is 0 Å². The van der Waals surface area contributed by atoms with Crippen molar-refractivity contribution in [2.45, 2.75) is 9.79 Å². The molecule has 0 aromatic heterocycles. The first-order valence-electron chi connectivity index (χ1n) is 14.2. The SMILES string of the molecule is O=C1c2cccc3c(Cl)ccc(c23)C(=O)N1c1cccc(S(=O)(=O)c2cccc(N3C(=O)c4cccc5c(Cl)ccc(c45)C3=O)c2)c1. The number of hydrogen-bond donors (Lipinski definition) is 0. The average molecular weight is 678 g/mol. The monoisotopic (exact) mass is 676 g/mol. The number of benzene rings is 6. The summed E-state index contributed by atoms with van der Waals surface area (Å²) in [5.41, 5.74) is 1.15. The van der Waals surface area contributed by atoms with Crippen LogP contribution in [0.1, 0.15) is 41.4 Å². The number of amides is 4. The number of anilines is 2. The molecule has 0 N–H and O–H groups in total. The summed E-state index contributed by atoms with van der Waals surface area (Å²) in [6, 6.07) is 27.2. The van der Waals surface area contributed by atoms with Crippen LogP contribution in [0, 0.1) is 0 Å². The lowest BCUT2D eigenvalue weighted by Gasteiger charge is -2.28. The van der Waals surface area contributed by atoms with Crippen molar-refractivity contribution in [2.24, 2.45) is 0 Å². The van der Waals surface area contributed by atoms with E-state index in [1.165, 1.54) is 48.5 Å². The Bertz CT molecular complexity index is 2350. The van der Waals surface area contributed by atoms with Crippen LogP contribution < -0.4 is 9.80 Å². The topological polar surface area (TPSA) is 109 Å². The van der Waals surface area contributed by atoms with Crippen LogP contribution in [-0.4, -0.2) is 32.0 Å². The van der Waals surface area contributed by atoms with Gasteiger partial charge in [-0.3, -0.25) is 19.2 Å². The summed E-state index contributed by atoms with van der Waals surface area (Å²) in [6.45, 7) is 0. The van der Waals surface area contributed by atoms with Crippen molar-refractivity contribution in [3.63, 3.8) is 0 Å². The second kappa shape index (κ2) is 10.3. The maximum absolute atomic E-state index is 14.0. The standard InChI is InChI=1S/C36H18Cl2N2O6S/c37-29-15-13-27-31-23(29)9-3-11-25(31)33(41)39(35(27)43)19-5-1-7-21(17-19)47(45,46)22-8-2-6-20(18-22)40-34(42)26-12-4-10-24-30(38)16-14-28(32(24)26)36(40)44/h1-18H. The molecule has 2 aliphatic rings. The lowest BCUT2D eigenvalue weighted by molar-refractivity contribution is 0.0877. The molecule has 0 unspecified atom stereocenters. The van der Waals surface area contributed by atoms with Crippen LogP contribution in [0.2, 0.25) is 10.0 Å². The molecule has 0 bridgehead atoms. The number of sulfone groups is 1. The van der Waals surface area contributed by atoms with E-state index in [1.54, 1.807) is 60.7 Å². The zero-order chi connectivity index (χ0) is 32.8. The van der Waals surface area contributed by atoms with Crippen molar-refractivity contribution < 1.29 is 27.6 Å². The Labute approximate surface area is 277 Å². The minimum absolute atomic E-state index is 0.0552. The fraction of sp³-hybridized carbons (Fsp3) is 0. The number of halogens is 2. The van der Waals surface area contributed by atoms with Crippen molar-refractivity contribution in [1.82, 2.24) is 0 Å². The Morgan fingerprint density at radius 1 is 0.447 bits per heavy atom. The summed E-state index contributed by atoms with van der Waals surface area (Å²) in [5, 5.41) is 2.80. The highest BCUT2D eigenvalue weighted by Crippen LogP contribution is 2.39. The summed E-state index contributed by atoms with van der Waals surface area (Å²) in [6.07, 6.45) is 0. The van der Waals surface area contributed by atoms with Gasteiger partial charge in [-0.25, -0.2) is 18.2 Å². The molecule has 2 aliphatic heterocycles. The maximum Gasteiger partial charge on any atom is 0.265 e. The fourth-order valence-electron chi connectivity index (χ4n) is 6.31. The third kappa shape index (κ3) is 4.17.